The van der Waals surface area contributed by atoms with Gasteiger partial charge in [-0.15, -0.1) is 0 Å². The van der Waals surface area contributed by atoms with Gasteiger partial charge in [-0.2, -0.15) is 13.2 Å². The van der Waals surface area contributed by atoms with E-state index in [0.29, 0.717) is 26.1 Å². The lowest BCUT2D eigenvalue weighted by molar-refractivity contribution is -0.143. The Labute approximate surface area is 106 Å². The monoisotopic (exact) mass is 266 g/mol. The van der Waals surface area contributed by atoms with Crippen LogP contribution < -0.4 is 11.1 Å². The van der Waals surface area contributed by atoms with E-state index in [0.717, 1.165) is 5.57 Å². The van der Waals surface area contributed by atoms with E-state index in [-0.39, 0.29) is 5.96 Å². The molecule has 0 aliphatic heterocycles. The minimum absolute atomic E-state index is 0.288. The van der Waals surface area contributed by atoms with E-state index in [9.17, 15) is 13.2 Å². The fourth-order valence-corrected chi connectivity index (χ4v) is 1.23. The molecule has 0 saturated heterocycles. The van der Waals surface area contributed by atoms with Crippen LogP contribution in [0.5, 0.6) is 0 Å². The highest BCUT2D eigenvalue weighted by atomic mass is 19.4. The van der Waals surface area contributed by atoms with Gasteiger partial charge in [0.05, 0.1) is 13.1 Å². The van der Waals surface area contributed by atoms with Gasteiger partial charge in [-0.3, -0.25) is 4.90 Å². The summed E-state index contributed by atoms with van der Waals surface area (Å²) in [4.78, 5) is 5.22. The summed E-state index contributed by atoms with van der Waals surface area (Å²) < 4.78 is 36.0. The summed E-state index contributed by atoms with van der Waals surface area (Å²) in [6, 6.07) is 0. The molecule has 0 atom stereocenters. The molecule has 0 aromatic carbocycles. The predicted octanol–water partition coefficient (Wildman–Crippen LogP) is 1.35. The average molecular weight is 266 g/mol. The summed E-state index contributed by atoms with van der Waals surface area (Å²) in [6.07, 6.45) is -3.58. The molecule has 7 heteroatoms. The Morgan fingerprint density at radius 2 is 2.06 bits per heavy atom. The number of guanidine groups is 1. The molecule has 0 rings (SSSR count). The number of hydrogen-bond donors (Lipinski definition) is 2. The maximum Gasteiger partial charge on any atom is 0.401 e. The average Bonchev–Trinajstić information content (AvgIpc) is 2.19. The van der Waals surface area contributed by atoms with Crippen LogP contribution in [0.25, 0.3) is 0 Å². The first kappa shape index (κ1) is 16.8. The molecule has 0 aliphatic carbocycles. The van der Waals surface area contributed by atoms with Crippen molar-refractivity contribution in [3.05, 3.63) is 12.2 Å². The van der Waals surface area contributed by atoms with Gasteiger partial charge in [0.25, 0.3) is 0 Å². The van der Waals surface area contributed by atoms with Crippen molar-refractivity contribution in [3.63, 3.8) is 0 Å². The first-order valence-electron chi connectivity index (χ1n) is 5.64. The van der Waals surface area contributed by atoms with E-state index < -0.39 is 12.7 Å². The zero-order valence-corrected chi connectivity index (χ0v) is 10.8. The van der Waals surface area contributed by atoms with Crippen LogP contribution in [0.2, 0.25) is 0 Å². The van der Waals surface area contributed by atoms with Gasteiger partial charge in [-0.25, -0.2) is 4.99 Å². The second-order valence-corrected chi connectivity index (χ2v) is 4.29. The van der Waals surface area contributed by atoms with Crippen molar-refractivity contribution in [2.24, 2.45) is 10.7 Å². The Kier molecular flexibility index (Phi) is 7.42. The highest BCUT2D eigenvalue weighted by Crippen LogP contribution is 2.15. The van der Waals surface area contributed by atoms with Gasteiger partial charge in [0.2, 0.25) is 0 Å². The van der Waals surface area contributed by atoms with Crippen LogP contribution in [0.15, 0.2) is 17.1 Å². The molecule has 18 heavy (non-hydrogen) atoms. The minimum Gasteiger partial charge on any atom is -0.370 e. The quantitative estimate of drug-likeness (QED) is 0.316. The zero-order chi connectivity index (χ0) is 14.2. The standard InChI is InChI=1S/C11H21F3N4/c1-9(2)7-17-10(15)16-5-4-6-18(3)8-11(12,13)14/h1,4-8H2,2-3H3,(H3,15,16,17). The van der Waals surface area contributed by atoms with E-state index in [1.165, 1.54) is 11.9 Å². The highest BCUT2D eigenvalue weighted by molar-refractivity contribution is 5.77. The number of aliphatic imine (C=N–C) groups is 1. The number of rotatable bonds is 7. The number of hydrogen-bond acceptors (Lipinski definition) is 2. The molecule has 0 amide bonds. The van der Waals surface area contributed by atoms with Crippen molar-refractivity contribution in [1.29, 1.82) is 0 Å². The second-order valence-electron chi connectivity index (χ2n) is 4.29. The Morgan fingerprint density at radius 3 is 2.56 bits per heavy atom. The van der Waals surface area contributed by atoms with E-state index in [1.54, 1.807) is 0 Å². The maximum atomic E-state index is 12.0. The molecule has 0 heterocycles. The lowest BCUT2D eigenvalue weighted by atomic mass is 10.3. The molecule has 0 unspecified atom stereocenters. The van der Waals surface area contributed by atoms with E-state index >= 15 is 0 Å². The third kappa shape index (κ3) is 11.3. The van der Waals surface area contributed by atoms with Crippen LogP contribution in [0.3, 0.4) is 0 Å². The summed E-state index contributed by atoms with van der Waals surface area (Å²) in [5, 5.41) is 2.83. The maximum absolute atomic E-state index is 12.0. The van der Waals surface area contributed by atoms with Crippen LogP contribution in [0.4, 0.5) is 13.2 Å². The topological polar surface area (TPSA) is 53.6 Å². The molecule has 0 radical (unpaired) electrons. The third-order valence-corrected chi connectivity index (χ3v) is 1.99. The van der Waals surface area contributed by atoms with E-state index in [2.05, 4.69) is 16.9 Å². The number of nitrogens with two attached hydrogens (primary N) is 1. The number of nitrogens with one attached hydrogen (secondary N) is 1. The van der Waals surface area contributed by atoms with Gasteiger partial charge in [0.1, 0.15) is 0 Å². The van der Waals surface area contributed by atoms with Gasteiger partial charge in [-0.1, -0.05) is 12.2 Å². The number of halogens is 3. The molecule has 0 bridgehead atoms. The summed E-state index contributed by atoms with van der Waals surface area (Å²) in [7, 11) is 1.44. The summed E-state index contributed by atoms with van der Waals surface area (Å²) >= 11 is 0. The van der Waals surface area contributed by atoms with Gasteiger partial charge in [-0.05, 0) is 26.9 Å². The van der Waals surface area contributed by atoms with Crippen LogP contribution in [0.1, 0.15) is 13.3 Å². The molecule has 0 aliphatic rings. The first-order chi connectivity index (χ1) is 8.20. The zero-order valence-electron chi connectivity index (χ0n) is 10.8. The molecule has 3 N–H and O–H groups in total. The molecule has 0 saturated carbocycles. The van der Waals surface area contributed by atoms with Crippen LogP contribution >= 0.6 is 0 Å². The SMILES string of the molecule is C=C(C)CN=C(N)NCCCN(C)CC(F)(F)F. The van der Waals surface area contributed by atoms with E-state index in [1.807, 2.05) is 6.92 Å². The Hall–Kier alpha value is -1.24. The summed E-state index contributed by atoms with van der Waals surface area (Å²) in [5.41, 5.74) is 6.44. The number of nitrogens with zero attached hydrogens (tertiary/aromatic N) is 2. The van der Waals surface area contributed by atoms with Gasteiger partial charge in [0.15, 0.2) is 5.96 Å². The smallest absolute Gasteiger partial charge is 0.370 e. The molecule has 106 valence electrons. The molecule has 0 aromatic heterocycles. The molecule has 0 spiro atoms. The number of alkyl halides is 3. The van der Waals surface area contributed by atoms with Gasteiger partial charge >= 0.3 is 6.18 Å². The Bertz CT molecular complexity index is 287. The van der Waals surface area contributed by atoms with Gasteiger partial charge < -0.3 is 11.1 Å². The summed E-state index contributed by atoms with van der Waals surface area (Å²) in [5.74, 6) is 0.288. The Balaban J connectivity index is 3.67. The predicted molar refractivity (Wildman–Crippen MR) is 67.5 cm³/mol. The van der Waals surface area contributed by atoms with Crippen molar-refractivity contribution in [1.82, 2.24) is 10.2 Å². The van der Waals surface area contributed by atoms with Crippen molar-refractivity contribution < 1.29 is 13.2 Å². The summed E-state index contributed by atoms with van der Waals surface area (Å²) in [6.45, 7) is 5.91. The van der Waals surface area contributed by atoms with Crippen molar-refractivity contribution in [2.45, 2.75) is 19.5 Å². The minimum atomic E-state index is -4.15. The van der Waals surface area contributed by atoms with Gasteiger partial charge in [0, 0.05) is 6.54 Å². The lowest BCUT2D eigenvalue weighted by Crippen LogP contribution is -2.36. The molecule has 4 nitrogen and oxygen atoms in total. The molecular weight excluding hydrogens is 245 g/mol. The highest BCUT2D eigenvalue weighted by Gasteiger charge is 2.28. The molecule has 0 aromatic rings. The fraction of sp³-hybridized carbons (Fsp3) is 0.727. The second kappa shape index (κ2) is 7.97. The van der Waals surface area contributed by atoms with Crippen molar-refractivity contribution >= 4 is 5.96 Å². The molecular formula is C11H21F3N4. The van der Waals surface area contributed by atoms with Crippen LogP contribution in [-0.2, 0) is 0 Å². The van der Waals surface area contributed by atoms with E-state index in [4.69, 9.17) is 5.73 Å². The van der Waals surface area contributed by atoms with Crippen LogP contribution in [0, 0.1) is 0 Å². The first-order valence-corrected chi connectivity index (χ1v) is 5.64. The van der Waals surface area contributed by atoms with Crippen molar-refractivity contribution in [3.8, 4) is 0 Å². The van der Waals surface area contributed by atoms with Crippen LogP contribution in [-0.4, -0.2) is 50.3 Å². The third-order valence-electron chi connectivity index (χ3n) is 1.99. The molecule has 0 fully saturated rings. The largest absolute Gasteiger partial charge is 0.401 e. The van der Waals surface area contributed by atoms with Crippen molar-refractivity contribution in [2.75, 3.05) is 33.2 Å². The fourth-order valence-electron chi connectivity index (χ4n) is 1.23. The Morgan fingerprint density at radius 1 is 1.44 bits per heavy atom. The lowest BCUT2D eigenvalue weighted by Gasteiger charge is -2.18. The normalized spacial score (nSPS) is 12.9.